The third kappa shape index (κ3) is 4.25. The van der Waals surface area contributed by atoms with Crippen LogP contribution in [0.25, 0.3) is 0 Å². The fourth-order valence-corrected chi connectivity index (χ4v) is 3.49. The minimum absolute atomic E-state index is 0. The van der Waals surface area contributed by atoms with Crippen molar-refractivity contribution in [2.45, 2.75) is 45.7 Å². The van der Waals surface area contributed by atoms with Gasteiger partial charge in [-0.3, -0.25) is 14.8 Å². The normalized spacial score (nSPS) is 22.8. The van der Waals surface area contributed by atoms with Gasteiger partial charge in [-0.25, -0.2) is 0 Å². The number of carbonyl (C=O) groups excluding carboxylic acids is 1. The first-order chi connectivity index (χ1) is 10.6. The molecule has 1 aromatic heterocycles. The van der Waals surface area contributed by atoms with Crippen molar-refractivity contribution in [3.8, 4) is 0 Å². The molecule has 1 saturated heterocycles. The Labute approximate surface area is 144 Å². The summed E-state index contributed by atoms with van der Waals surface area (Å²) >= 11 is 0. The summed E-state index contributed by atoms with van der Waals surface area (Å²) in [6, 6.07) is 0.375. The van der Waals surface area contributed by atoms with Gasteiger partial charge in [-0.05, 0) is 32.2 Å². The van der Waals surface area contributed by atoms with Crippen LogP contribution < -0.4 is 10.6 Å². The van der Waals surface area contributed by atoms with Crippen LogP contribution in [0.15, 0.2) is 0 Å². The fraction of sp³-hybridized carbons (Fsp3) is 0.750. The van der Waals surface area contributed by atoms with Crippen LogP contribution in [0.1, 0.15) is 48.4 Å². The predicted octanol–water partition coefficient (Wildman–Crippen LogP) is 1.33. The molecule has 0 spiro atoms. The Hall–Kier alpha value is -1.11. The lowest BCUT2D eigenvalue weighted by atomic mass is 9.99. The van der Waals surface area contributed by atoms with E-state index in [0.717, 1.165) is 49.8 Å². The summed E-state index contributed by atoms with van der Waals surface area (Å²) in [5.41, 5.74) is 2.69. The van der Waals surface area contributed by atoms with E-state index in [1.54, 1.807) is 0 Å². The van der Waals surface area contributed by atoms with Gasteiger partial charge in [0, 0.05) is 49.9 Å². The van der Waals surface area contributed by atoms with Crippen molar-refractivity contribution in [3.05, 3.63) is 17.0 Å². The number of nitrogens with one attached hydrogen (secondary N) is 3. The van der Waals surface area contributed by atoms with Gasteiger partial charge in [0.15, 0.2) is 5.69 Å². The van der Waals surface area contributed by atoms with Gasteiger partial charge >= 0.3 is 0 Å². The first-order valence-corrected chi connectivity index (χ1v) is 8.44. The Bertz CT molecular complexity index is 533. The Balaban J connectivity index is 0.00000192. The van der Waals surface area contributed by atoms with Gasteiger partial charge in [0.25, 0.3) is 5.91 Å². The second-order valence-electron chi connectivity index (χ2n) is 6.76. The number of likely N-dealkylation sites (tertiary alicyclic amines) is 1. The minimum atomic E-state index is -0.0573. The summed E-state index contributed by atoms with van der Waals surface area (Å²) in [4.78, 5) is 14.9. The van der Waals surface area contributed by atoms with Crippen molar-refractivity contribution >= 4 is 18.3 Å². The molecule has 2 aliphatic rings. The first-order valence-electron chi connectivity index (χ1n) is 8.44. The van der Waals surface area contributed by atoms with Crippen LogP contribution in [-0.2, 0) is 13.0 Å². The molecule has 3 rings (SSSR count). The van der Waals surface area contributed by atoms with E-state index in [2.05, 4.69) is 39.6 Å². The van der Waals surface area contributed by atoms with Gasteiger partial charge in [0.1, 0.15) is 0 Å². The largest absolute Gasteiger partial charge is 0.349 e. The van der Waals surface area contributed by atoms with E-state index in [1.807, 2.05) is 0 Å². The molecule has 0 saturated carbocycles. The Morgan fingerprint density at radius 3 is 3.13 bits per heavy atom. The zero-order valence-electron chi connectivity index (χ0n) is 14.0. The maximum Gasteiger partial charge on any atom is 0.272 e. The smallest absolute Gasteiger partial charge is 0.272 e. The molecular formula is C16H28ClN5O. The third-order valence-corrected chi connectivity index (χ3v) is 4.89. The molecule has 2 atom stereocenters. The van der Waals surface area contributed by atoms with Crippen LogP contribution in [0.3, 0.4) is 0 Å². The summed E-state index contributed by atoms with van der Waals surface area (Å²) in [5.74, 6) is 0.703. The SMILES string of the molecule is CC1CCCN(C(C)CNC(=O)c2n[nH]c3c2CNCC3)C1.Cl. The number of halogens is 1. The molecule has 3 N–H and O–H groups in total. The molecule has 23 heavy (non-hydrogen) atoms. The molecule has 6 nitrogen and oxygen atoms in total. The van der Waals surface area contributed by atoms with Crippen molar-refractivity contribution in [2.24, 2.45) is 5.92 Å². The summed E-state index contributed by atoms with van der Waals surface area (Å²) in [6.07, 6.45) is 3.50. The quantitative estimate of drug-likeness (QED) is 0.772. The number of amides is 1. The molecule has 1 amide bonds. The Morgan fingerprint density at radius 1 is 1.52 bits per heavy atom. The molecular weight excluding hydrogens is 314 g/mol. The van der Waals surface area contributed by atoms with Crippen molar-refractivity contribution in [1.29, 1.82) is 0 Å². The van der Waals surface area contributed by atoms with Gasteiger partial charge in [-0.15, -0.1) is 12.4 Å². The molecule has 130 valence electrons. The molecule has 1 fully saturated rings. The van der Waals surface area contributed by atoms with E-state index in [-0.39, 0.29) is 18.3 Å². The second-order valence-corrected chi connectivity index (χ2v) is 6.76. The maximum absolute atomic E-state index is 12.4. The van der Waals surface area contributed by atoms with Crippen LogP contribution in [0.5, 0.6) is 0 Å². The predicted molar refractivity (Wildman–Crippen MR) is 93.0 cm³/mol. The Morgan fingerprint density at radius 2 is 2.35 bits per heavy atom. The number of hydrogen-bond acceptors (Lipinski definition) is 4. The topological polar surface area (TPSA) is 73.0 Å². The first kappa shape index (κ1) is 18.2. The molecule has 2 unspecified atom stereocenters. The number of H-pyrrole nitrogens is 1. The van der Waals surface area contributed by atoms with Crippen molar-refractivity contribution in [3.63, 3.8) is 0 Å². The van der Waals surface area contributed by atoms with Gasteiger partial charge in [0.05, 0.1) is 0 Å². The highest BCUT2D eigenvalue weighted by Crippen LogP contribution is 2.18. The highest BCUT2D eigenvalue weighted by molar-refractivity contribution is 5.94. The summed E-state index contributed by atoms with van der Waals surface area (Å²) in [5, 5.41) is 13.6. The van der Waals surface area contributed by atoms with E-state index in [9.17, 15) is 4.79 Å². The molecule has 0 aliphatic carbocycles. The zero-order chi connectivity index (χ0) is 15.5. The Kier molecular flexibility index (Phi) is 6.44. The van der Waals surface area contributed by atoms with Crippen molar-refractivity contribution in [1.82, 2.24) is 25.7 Å². The van der Waals surface area contributed by atoms with Crippen molar-refractivity contribution in [2.75, 3.05) is 26.2 Å². The maximum atomic E-state index is 12.4. The highest BCUT2D eigenvalue weighted by Gasteiger charge is 2.24. The summed E-state index contributed by atoms with van der Waals surface area (Å²) in [6.45, 7) is 9.14. The number of piperidine rings is 1. The van der Waals surface area contributed by atoms with Crippen LogP contribution in [0, 0.1) is 5.92 Å². The molecule has 0 bridgehead atoms. The lowest BCUT2D eigenvalue weighted by Crippen LogP contribution is -2.46. The second kappa shape index (κ2) is 8.13. The van der Waals surface area contributed by atoms with E-state index in [0.29, 0.717) is 18.3 Å². The van der Waals surface area contributed by atoms with E-state index < -0.39 is 0 Å². The zero-order valence-corrected chi connectivity index (χ0v) is 14.8. The van der Waals surface area contributed by atoms with Crippen LogP contribution in [0.4, 0.5) is 0 Å². The molecule has 3 heterocycles. The van der Waals surface area contributed by atoms with Crippen LogP contribution >= 0.6 is 12.4 Å². The van der Waals surface area contributed by atoms with Gasteiger partial charge < -0.3 is 10.6 Å². The lowest BCUT2D eigenvalue weighted by Gasteiger charge is -2.35. The van der Waals surface area contributed by atoms with E-state index >= 15 is 0 Å². The standard InChI is InChI=1S/C16H27N5O.ClH/c1-11-4-3-7-21(10-11)12(2)8-18-16(22)15-13-9-17-6-5-14(13)19-20-15;/h11-12,17H,3-10H2,1-2H3,(H,18,22)(H,19,20);1H. The average molecular weight is 342 g/mol. The van der Waals surface area contributed by atoms with Crippen LogP contribution in [0.2, 0.25) is 0 Å². The molecule has 2 aliphatic heterocycles. The number of hydrogen-bond donors (Lipinski definition) is 3. The van der Waals surface area contributed by atoms with Gasteiger partial charge in [-0.2, -0.15) is 5.10 Å². The molecule has 1 aromatic rings. The number of fused-ring (bicyclic) bond motifs is 1. The summed E-state index contributed by atoms with van der Waals surface area (Å²) in [7, 11) is 0. The van der Waals surface area contributed by atoms with Crippen molar-refractivity contribution < 1.29 is 4.79 Å². The number of carbonyl (C=O) groups is 1. The van der Waals surface area contributed by atoms with Gasteiger partial charge in [-0.1, -0.05) is 6.92 Å². The molecule has 7 heteroatoms. The number of aromatic amines is 1. The van der Waals surface area contributed by atoms with Crippen LogP contribution in [-0.4, -0.2) is 53.2 Å². The summed E-state index contributed by atoms with van der Waals surface area (Å²) < 4.78 is 0. The third-order valence-electron chi connectivity index (χ3n) is 4.89. The van der Waals surface area contributed by atoms with E-state index in [4.69, 9.17) is 0 Å². The lowest BCUT2D eigenvalue weighted by molar-refractivity contribution is 0.0911. The van der Waals surface area contributed by atoms with Gasteiger partial charge in [0.2, 0.25) is 0 Å². The number of nitrogens with zero attached hydrogens (tertiary/aromatic N) is 2. The fourth-order valence-electron chi connectivity index (χ4n) is 3.49. The minimum Gasteiger partial charge on any atom is -0.349 e. The average Bonchev–Trinajstić information content (AvgIpc) is 2.96. The number of rotatable bonds is 4. The monoisotopic (exact) mass is 341 g/mol. The van der Waals surface area contributed by atoms with E-state index in [1.165, 1.54) is 12.8 Å². The highest BCUT2D eigenvalue weighted by atomic mass is 35.5. The molecule has 0 radical (unpaired) electrons. The number of aromatic nitrogens is 2. The molecule has 0 aromatic carbocycles.